The summed E-state index contributed by atoms with van der Waals surface area (Å²) in [5.41, 5.74) is -8.78. The van der Waals surface area contributed by atoms with Crippen molar-refractivity contribution in [3.8, 4) is 28.8 Å². The van der Waals surface area contributed by atoms with E-state index in [4.69, 9.17) is 14.0 Å². The van der Waals surface area contributed by atoms with E-state index in [1.165, 1.54) is 65.0 Å². The van der Waals surface area contributed by atoms with Gasteiger partial charge in [-0.2, -0.15) is 40.2 Å². The number of hydrogen-bond donors (Lipinski definition) is 6. The third-order valence-corrected chi connectivity index (χ3v) is 20.5. The second-order valence-corrected chi connectivity index (χ2v) is 31.1. The van der Waals surface area contributed by atoms with Crippen LogP contribution in [0.3, 0.4) is 0 Å². The van der Waals surface area contributed by atoms with Crippen molar-refractivity contribution in [3.63, 3.8) is 0 Å². The highest BCUT2D eigenvalue weighted by Gasteiger charge is 2.57. The molecule has 2 bridgehead atoms. The number of amides is 3. The highest BCUT2D eigenvalue weighted by Crippen LogP contribution is 2.48. The number of alkyl halides is 8. The number of carboxylic acid groups (broad SMARTS) is 1. The molecule has 0 saturated carbocycles. The summed E-state index contributed by atoms with van der Waals surface area (Å²) in [7, 11) is -4.00. The first-order valence-corrected chi connectivity index (χ1v) is 36.2. The van der Waals surface area contributed by atoms with Gasteiger partial charge in [0.2, 0.25) is 17.8 Å². The number of anilines is 1. The number of halogens is 10. The highest BCUT2D eigenvalue weighted by atomic mass is 31.2. The number of phosphoric ester groups is 1. The Balaban J connectivity index is 1.27. The number of hydrogen-bond acceptors (Lipinski definition) is 19. The Bertz CT molecular complexity index is 4270. The fourth-order valence-electron chi connectivity index (χ4n) is 13.4. The molecule has 0 radical (unpaired) electrons. The number of nitrogens with one attached hydrogen (secondary N) is 3. The minimum absolute atomic E-state index is 0.0751. The number of Topliss-reactive ketones (excluding diaryl/α,β-unsaturated/α-hetero) is 1. The zero-order valence-electron chi connectivity index (χ0n) is 62.0. The molecular weight excluding hydrogens is 1490 g/mol. The largest absolute Gasteiger partial charge is 0.524 e. The summed E-state index contributed by atoms with van der Waals surface area (Å²) < 4.78 is 192. The molecule has 6 atom stereocenters. The number of methoxy groups -OCH3 is 2. The molecule has 26 nitrogen and oxygen atoms in total. The van der Waals surface area contributed by atoms with Gasteiger partial charge in [0, 0.05) is 96.9 Å². The molecule has 3 amide bonds. The number of hydrazine groups is 1. The third kappa shape index (κ3) is 21.4. The van der Waals surface area contributed by atoms with Crippen LogP contribution >= 0.6 is 7.82 Å². The second kappa shape index (κ2) is 34.6. The van der Waals surface area contributed by atoms with Crippen LogP contribution in [-0.4, -0.2) is 182 Å². The standard InChI is InChI=1S/C73H87F10N10O16P/c1-40-22-46(28-58(95)86-39-69(4,5)64(99)100)61(56(23-40)109-110(102,103)104)68(2,3)30-60(97)108-57(36-91(89-63(98)51(29-59(96)105-10)70(6,7)72(78,79)80)35-50-52(74)25-44(26-53(50)75)54-20-21-92(88-54)65(76)77)45(27-55(94)62(87-67(101)106-11)71(8,9)73(81,82)83)24-42-15-12-41(13-16-42)14-17-43-31-84-66(85-32-43)90-33-47-18-19-48(34-90)93(47)49-37-107-38-49/h12-13,15-16,20-23,25-26,31-32,45,47-49,51,57,62,65H,18-19,24,27-30,33-39H2,1-11H3,(H,86,95)(H,87,101)(H,89,98)(H,99,100)(H2,102,103,104)/t45-,47?,48?,51-,57+,62-/m1/s1. The quantitative estimate of drug-likeness (QED) is 0.00582. The topological polar surface area (TPSA) is 333 Å². The monoisotopic (exact) mass is 1580 g/mol. The molecule has 3 saturated heterocycles. The molecule has 0 spiro atoms. The van der Waals surface area contributed by atoms with Crippen LogP contribution in [0, 0.1) is 58.5 Å². The molecule has 6 N–H and O–H groups in total. The number of ether oxygens (including phenoxy) is 4. The number of carbonyl (C=O) groups is 7. The van der Waals surface area contributed by atoms with Crippen LogP contribution in [0.4, 0.5) is 54.6 Å². The van der Waals surface area contributed by atoms with Crippen LogP contribution in [0.25, 0.3) is 11.3 Å². The SMILES string of the molecule is COC(=O)C[C@H](C(=O)NN(Cc1c(F)cc(-c2ccn(C(F)F)n2)cc1F)C[C@H](OC(=O)CC(C)(C)c1c(CC(=O)NCC(C)(C)C(=O)O)cc(C)cc1OP(=O)(O)O)[C@@H](CC(=O)[C@@H](NC(=O)OC)C(C)(C)C(F)(F)F)Cc1ccc(C#Cc2cnc(N3CC4CCC(C3)N4C3COC3)nc2)cc1)C(C)(C)C(F)(F)F. The summed E-state index contributed by atoms with van der Waals surface area (Å²) in [6.07, 6.45) is -13.3. The zero-order chi connectivity index (χ0) is 81.6. The minimum Gasteiger partial charge on any atom is -0.481 e. The summed E-state index contributed by atoms with van der Waals surface area (Å²) >= 11 is 0. The van der Waals surface area contributed by atoms with Crippen molar-refractivity contribution in [3.05, 3.63) is 124 Å². The number of carbonyl (C=O) groups excluding carboxylic acids is 6. The lowest BCUT2D eigenvalue weighted by Gasteiger charge is -2.47. The molecular formula is C73H87F10N10O16P. The van der Waals surface area contributed by atoms with Gasteiger partial charge >= 0.3 is 50.7 Å². The van der Waals surface area contributed by atoms with E-state index in [0.717, 1.165) is 45.4 Å². The summed E-state index contributed by atoms with van der Waals surface area (Å²) in [4.78, 5) is 132. The minimum atomic E-state index is -5.57. The van der Waals surface area contributed by atoms with E-state index in [2.05, 4.69) is 56.9 Å². The molecule has 5 heterocycles. The highest BCUT2D eigenvalue weighted by molar-refractivity contribution is 7.46. The smallest absolute Gasteiger partial charge is 0.481 e. The summed E-state index contributed by atoms with van der Waals surface area (Å²) in [6, 6.07) is 8.94. The fourth-order valence-corrected chi connectivity index (χ4v) is 13.9. The number of aromatic nitrogens is 4. The van der Waals surface area contributed by atoms with Crippen molar-refractivity contribution in [2.45, 2.75) is 168 Å². The van der Waals surface area contributed by atoms with Gasteiger partial charge in [0.1, 0.15) is 29.5 Å². The van der Waals surface area contributed by atoms with E-state index < -0.39 is 200 Å². The Kier molecular flexibility index (Phi) is 27.1. The molecule has 2 unspecified atom stereocenters. The summed E-state index contributed by atoms with van der Waals surface area (Å²) in [5, 5.41) is 18.3. The van der Waals surface area contributed by atoms with Gasteiger partial charge in [0.25, 0.3) is 0 Å². The Morgan fingerprint density at radius 2 is 1.38 bits per heavy atom. The van der Waals surface area contributed by atoms with Crippen molar-refractivity contribution in [1.82, 2.24) is 45.7 Å². The molecule has 3 aliphatic rings. The number of aryl methyl sites for hydroxylation is 1. The first-order valence-electron chi connectivity index (χ1n) is 34.7. The first-order chi connectivity index (χ1) is 51.1. The number of esters is 2. The number of alkyl carbamates (subject to hydrolysis) is 1. The van der Waals surface area contributed by atoms with Crippen molar-refractivity contribution in [2.75, 3.05) is 58.5 Å². The van der Waals surface area contributed by atoms with Gasteiger partial charge in [0.15, 0.2) is 5.78 Å². The van der Waals surface area contributed by atoms with Crippen LogP contribution in [0.2, 0.25) is 0 Å². The molecule has 110 heavy (non-hydrogen) atoms. The number of carboxylic acids is 1. The average molecular weight is 1580 g/mol. The Labute approximate surface area is 626 Å². The lowest BCUT2D eigenvalue weighted by molar-refractivity contribution is -0.231. The van der Waals surface area contributed by atoms with Gasteiger partial charge in [-0.3, -0.25) is 48.9 Å². The number of ketones is 1. The second-order valence-electron chi connectivity index (χ2n) is 30.0. The van der Waals surface area contributed by atoms with Crippen molar-refractivity contribution in [2.24, 2.45) is 28.1 Å². The molecule has 8 rings (SSSR count). The zero-order valence-corrected chi connectivity index (χ0v) is 62.8. The molecule has 3 aromatic carbocycles. The number of phosphoric acid groups is 1. The van der Waals surface area contributed by atoms with E-state index >= 15 is 44.7 Å². The van der Waals surface area contributed by atoms with Gasteiger partial charge in [-0.15, -0.1) is 0 Å². The number of benzene rings is 3. The van der Waals surface area contributed by atoms with E-state index in [9.17, 15) is 52.2 Å². The fraction of sp³-hybridized carbons (Fsp3) is 0.534. The maximum atomic E-state index is 16.9. The van der Waals surface area contributed by atoms with Gasteiger partial charge in [-0.05, 0) is 107 Å². The Hall–Kier alpha value is -9.27. The molecule has 37 heteroatoms. The molecule has 3 fully saturated rings. The molecule has 600 valence electrons. The predicted molar refractivity (Wildman–Crippen MR) is 373 cm³/mol. The lowest BCUT2D eigenvalue weighted by Crippen LogP contribution is -2.62. The number of piperazine rings is 1. The van der Waals surface area contributed by atoms with Crippen molar-refractivity contribution >= 4 is 55.4 Å². The van der Waals surface area contributed by atoms with Crippen LogP contribution in [0.1, 0.15) is 133 Å². The van der Waals surface area contributed by atoms with Crippen molar-refractivity contribution in [1.29, 1.82) is 0 Å². The number of nitrogens with zero attached hydrogens (tertiary/aromatic N) is 7. The maximum Gasteiger partial charge on any atom is 0.524 e. The average Bonchev–Trinajstić information content (AvgIpc) is 1.45. The molecule has 5 aromatic rings. The van der Waals surface area contributed by atoms with E-state index in [1.54, 1.807) is 12.4 Å². The van der Waals surface area contributed by atoms with Gasteiger partial charge < -0.3 is 44.1 Å². The normalized spacial score (nSPS) is 17.1. The van der Waals surface area contributed by atoms with Gasteiger partial charge in [0.05, 0.1) is 92.7 Å². The molecule has 0 aliphatic carbocycles. The Morgan fingerprint density at radius 3 is 1.91 bits per heavy atom. The first kappa shape index (κ1) is 86.3. The number of aliphatic carboxylic acids is 1. The number of fused-ring (bicyclic) bond motifs is 2. The third-order valence-electron chi connectivity index (χ3n) is 20.0. The molecule has 3 aliphatic heterocycles. The van der Waals surface area contributed by atoms with E-state index in [1.807, 2.05) is 5.32 Å². The summed E-state index contributed by atoms with van der Waals surface area (Å²) in [5.74, 6) is -9.66. The maximum absolute atomic E-state index is 16.9. The molecule has 2 aromatic heterocycles. The van der Waals surface area contributed by atoms with Crippen LogP contribution < -0.4 is 25.5 Å². The van der Waals surface area contributed by atoms with Crippen LogP contribution in [0.5, 0.6) is 5.75 Å². The lowest BCUT2D eigenvalue weighted by atomic mass is 9.75. The summed E-state index contributed by atoms with van der Waals surface area (Å²) in [6.45, 7) is 5.41. The van der Waals surface area contributed by atoms with Gasteiger partial charge in [-0.1, -0.05) is 57.7 Å². The van der Waals surface area contributed by atoms with E-state index in [-0.39, 0.29) is 26.9 Å². The van der Waals surface area contributed by atoms with Crippen molar-refractivity contribution < 1.29 is 120 Å². The predicted octanol–water partition coefficient (Wildman–Crippen LogP) is 10.0. The van der Waals surface area contributed by atoms with E-state index in [0.29, 0.717) is 106 Å². The Morgan fingerprint density at radius 1 is 0.782 bits per heavy atom. The van der Waals surface area contributed by atoms with Gasteiger partial charge in [-0.25, -0.2) is 37.8 Å². The van der Waals surface area contributed by atoms with Crippen LogP contribution in [0.15, 0.2) is 73.2 Å². The van der Waals surface area contributed by atoms with Crippen LogP contribution in [-0.2, 0) is 77.1 Å². The number of rotatable bonds is 32.